The lowest BCUT2D eigenvalue weighted by molar-refractivity contribution is 0.591. The van der Waals surface area contributed by atoms with Crippen LogP contribution in [-0.2, 0) is 9.84 Å². The average molecular weight is 296 g/mol. The predicted octanol–water partition coefficient (Wildman–Crippen LogP) is 4.85. The molecule has 0 amide bonds. The summed E-state index contributed by atoms with van der Waals surface area (Å²) in [5.74, 6) is 0.987. The highest BCUT2D eigenvalue weighted by atomic mass is 32.2. The van der Waals surface area contributed by atoms with Crippen molar-refractivity contribution >= 4 is 9.84 Å². The average Bonchev–Trinajstić information content (AvgIpc) is 2.36. The maximum Gasteiger partial charge on any atom is 0.178 e. The Kier molecular flexibility index (Phi) is 5.42. The van der Waals surface area contributed by atoms with Gasteiger partial charge in [-0.25, -0.2) is 8.42 Å². The molecule has 0 atom stereocenters. The van der Waals surface area contributed by atoms with Crippen LogP contribution in [0, 0.1) is 0 Å². The third-order valence-electron chi connectivity index (χ3n) is 3.77. The molecule has 0 radical (unpaired) electrons. The van der Waals surface area contributed by atoms with E-state index in [2.05, 4.69) is 53.7 Å². The molecule has 20 heavy (non-hydrogen) atoms. The van der Waals surface area contributed by atoms with E-state index in [4.69, 9.17) is 0 Å². The normalized spacial score (nSPS) is 12.7. The van der Waals surface area contributed by atoms with E-state index in [-0.39, 0.29) is 17.6 Å². The van der Waals surface area contributed by atoms with E-state index < -0.39 is 9.84 Å². The summed E-state index contributed by atoms with van der Waals surface area (Å²) in [4.78, 5) is 0.578. The molecule has 0 saturated heterocycles. The van der Waals surface area contributed by atoms with Gasteiger partial charge in [-0.15, -0.1) is 0 Å². The van der Waals surface area contributed by atoms with Crippen LogP contribution in [0.5, 0.6) is 0 Å². The molecule has 0 aliphatic carbocycles. The molecule has 1 aromatic carbocycles. The van der Waals surface area contributed by atoms with Crippen molar-refractivity contribution in [2.75, 3.05) is 5.75 Å². The van der Waals surface area contributed by atoms with Crippen molar-refractivity contribution in [3.63, 3.8) is 0 Å². The zero-order valence-corrected chi connectivity index (χ0v) is 14.6. The van der Waals surface area contributed by atoms with E-state index in [9.17, 15) is 8.42 Å². The van der Waals surface area contributed by atoms with Gasteiger partial charge in [-0.05, 0) is 34.4 Å². The second-order valence-corrected chi connectivity index (χ2v) is 8.61. The zero-order chi connectivity index (χ0) is 15.7. The lowest BCUT2D eigenvalue weighted by atomic mass is 9.89. The Morgan fingerprint density at radius 1 is 0.850 bits per heavy atom. The van der Waals surface area contributed by atoms with Gasteiger partial charge in [0.25, 0.3) is 0 Å². The van der Waals surface area contributed by atoms with Crippen LogP contribution in [-0.4, -0.2) is 14.2 Å². The SMILES string of the molecule is CCS(=O)(=O)c1c(C(C)C)cc(C(C)C)cc1C(C)C. The van der Waals surface area contributed by atoms with Gasteiger partial charge < -0.3 is 0 Å². The monoisotopic (exact) mass is 296 g/mol. The fourth-order valence-corrected chi connectivity index (χ4v) is 3.99. The van der Waals surface area contributed by atoms with Gasteiger partial charge in [0.2, 0.25) is 0 Å². The summed E-state index contributed by atoms with van der Waals surface area (Å²) < 4.78 is 25.1. The van der Waals surface area contributed by atoms with Gasteiger partial charge in [-0.1, -0.05) is 60.6 Å². The first-order valence-electron chi connectivity index (χ1n) is 7.52. The van der Waals surface area contributed by atoms with Crippen LogP contribution in [0.2, 0.25) is 0 Å². The maximum absolute atomic E-state index is 12.5. The van der Waals surface area contributed by atoms with Gasteiger partial charge in [-0.3, -0.25) is 0 Å². The minimum Gasteiger partial charge on any atom is -0.224 e. The van der Waals surface area contributed by atoms with Gasteiger partial charge in [-0.2, -0.15) is 0 Å². The zero-order valence-electron chi connectivity index (χ0n) is 13.8. The molecule has 0 bridgehead atoms. The molecule has 0 spiro atoms. The number of sulfone groups is 1. The van der Waals surface area contributed by atoms with Crippen LogP contribution in [0.4, 0.5) is 0 Å². The Labute approximate surface area is 124 Å². The second kappa shape index (κ2) is 6.30. The van der Waals surface area contributed by atoms with Crippen LogP contribution in [0.25, 0.3) is 0 Å². The molecule has 0 fully saturated rings. The first-order chi connectivity index (χ1) is 9.11. The Balaban J connectivity index is 3.78. The van der Waals surface area contributed by atoms with Crippen LogP contribution < -0.4 is 0 Å². The lowest BCUT2D eigenvalue weighted by Crippen LogP contribution is -2.14. The number of hydrogen-bond acceptors (Lipinski definition) is 2. The number of rotatable bonds is 5. The maximum atomic E-state index is 12.5. The van der Waals surface area contributed by atoms with Crippen LogP contribution in [0.1, 0.15) is 82.9 Å². The Bertz CT molecular complexity index is 538. The summed E-state index contributed by atoms with van der Waals surface area (Å²) >= 11 is 0. The van der Waals surface area contributed by atoms with Gasteiger partial charge in [0, 0.05) is 0 Å². The topological polar surface area (TPSA) is 34.1 Å². The molecular weight excluding hydrogens is 268 g/mol. The smallest absolute Gasteiger partial charge is 0.178 e. The summed E-state index contributed by atoms with van der Waals surface area (Å²) in [6, 6.07) is 4.17. The highest BCUT2D eigenvalue weighted by Crippen LogP contribution is 2.35. The van der Waals surface area contributed by atoms with Crippen molar-refractivity contribution in [2.45, 2.75) is 71.1 Å². The molecule has 0 saturated carbocycles. The van der Waals surface area contributed by atoms with Gasteiger partial charge in [0.1, 0.15) is 0 Å². The van der Waals surface area contributed by atoms with Crippen molar-refractivity contribution in [1.82, 2.24) is 0 Å². The molecule has 0 N–H and O–H groups in total. The third kappa shape index (κ3) is 3.43. The molecule has 2 nitrogen and oxygen atoms in total. The minimum atomic E-state index is -3.19. The van der Waals surface area contributed by atoms with E-state index in [1.165, 1.54) is 5.56 Å². The summed E-state index contributed by atoms with van der Waals surface area (Å²) in [6.07, 6.45) is 0. The van der Waals surface area contributed by atoms with Gasteiger partial charge in [0.05, 0.1) is 10.6 Å². The summed E-state index contributed by atoms with van der Waals surface area (Å²) in [7, 11) is -3.19. The summed E-state index contributed by atoms with van der Waals surface area (Å²) in [5.41, 5.74) is 3.18. The highest BCUT2D eigenvalue weighted by Gasteiger charge is 2.25. The summed E-state index contributed by atoms with van der Waals surface area (Å²) in [5, 5.41) is 0. The first-order valence-corrected chi connectivity index (χ1v) is 9.17. The van der Waals surface area contributed by atoms with Crippen LogP contribution >= 0.6 is 0 Å². The van der Waals surface area contributed by atoms with Crippen molar-refractivity contribution in [3.8, 4) is 0 Å². The van der Waals surface area contributed by atoms with Crippen LogP contribution in [0.15, 0.2) is 17.0 Å². The van der Waals surface area contributed by atoms with Crippen molar-refractivity contribution in [3.05, 3.63) is 28.8 Å². The molecule has 0 aromatic heterocycles. The standard InChI is InChI=1S/C17H28O2S/c1-8-20(18,19)17-15(12(4)5)9-14(11(2)3)10-16(17)13(6)7/h9-13H,8H2,1-7H3. The van der Waals surface area contributed by atoms with Gasteiger partial charge >= 0.3 is 0 Å². The molecule has 1 rings (SSSR count). The van der Waals surface area contributed by atoms with E-state index in [1.54, 1.807) is 6.92 Å². The summed E-state index contributed by atoms with van der Waals surface area (Å²) in [6.45, 7) is 14.3. The van der Waals surface area contributed by atoms with Crippen molar-refractivity contribution in [1.29, 1.82) is 0 Å². The Morgan fingerprint density at radius 3 is 1.50 bits per heavy atom. The third-order valence-corrected chi connectivity index (χ3v) is 5.62. The van der Waals surface area contributed by atoms with Crippen molar-refractivity contribution in [2.24, 2.45) is 0 Å². The van der Waals surface area contributed by atoms with Gasteiger partial charge in [0.15, 0.2) is 9.84 Å². The Hall–Kier alpha value is -0.830. The van der Waals surface area contributed by atoms with E-state index >= 15 is 0 Å². The molecule has 0 heterocycles. The molecular formula is C17H28O2S. The molecule has 3 heteroatoms. The Morgan fingerprint density at radius 2 is 1.25 bits per heavy atom. The van der Waals surface area contributed by atoms with E-state index in [0.29, 0.717) is 10.8 Å². The van der Waals surface area contributed by atoms with E-state index in [1.807, 2.05) is 0 Å². The lowest BCUT2D eigenvalue weighted by Gasteiger charge is -2.22. The molecule has 0 aliphatic heterocycles. The van der Waals surface area contributed by atoms with Crippen LogP contribution in [0.3, 0.4) is 0 Å². The fraction of sp³-hybridized carbons (Fsp3) is 0.647. The minimum absolute atomic E-state index is 0.160. The second-order valence-electron chi connectivity index (χ2n) is 6.40. The number of benzene rings is 1. The molecule has 1 aromatic rings. The quantitative estimate of drug-likeness (QED) is 0.778. The highest BCUT2D eigenvalue weighted by molar-refractivity contribution is 7.91. The molecule has 0 unspecified atom stereocenters. The predicted molar refractivity (Wildman–Crippen MR) is 86.4 cm³/mol. The molecule has 0 aliphatic rings. The molecule has 114 valence electrons. The first kappa shape index (κ1) is 17.2. The fourth-order valence-electron chi connectivity index (χ4n) is 2.39. The van der Waals surface area contributed by atoms with E-state index in [0.717, 1.165) is 11.1 Å². The van der Waals surface area contributed by atoms with Crippen molar-refractivity contribution < 1.29 is 8.42 Å². The number of hydrogen-bond donors (Lipinski definition) is 0. The largest absolute Gasteiger partial charge is 0.224 e.